The van der Waals surface area contributed by atoms with Gasteiger partial charge in [-0.25, -0.2) is 4.98 Å². The second-order valence-corrected chi connectivity index (χ2v) is 5.21. The summed E-state index contributed by atoms with van der Waals surface area (Å²) >= 11 is 0. The van der Waals surface area contributed by atoms with Crippen molar-refractivity contribution >= 4 is 17.0 Å². The van der Waals surface area contributed by atoms with Crippen LogP contribution in [-0.2, 0) is 4.79 Å². The van der Waals surface area contributed by atoms with E-state index in [1.165, 1.54) is 0 Å². The fraction of sp³-hybridized carbons (Fsp3) is 0.429. The van der Waals surface area contributed by atoms with Crippen LogP contribution in [0.2, 0.25) is 0 Å². The minimum Gasteiger partial charge on any atom is -0.481 e. The maximum absolute atomic E-state index is 11.0. The van der Waals surface area contributed by atoms with Crippen LogP contribution in [0.1, 0.15) is 38.1 Å². The van der Waals surface area contributed by atoms with Crippen LogP contribution in [0, 0.1) is 5.92 Å². The minimum atomic E-state index is -0.706. The normalized spacial score (nSPS) is 22.6. The third-order valence-corrected chi connectivity index (χ3v) is 3.58. The molecule has 0 amide bonds. The van der Waals surface area contributed by atoms with Crippen LogP contribution >= 0.6 is 0 Å². The lowest BCUT2D eigenvalue weighted by molar-refractivity contribution is -0.138. The van der Waals surface area contributed by atoms with Gasteiger partial charge in [-0.05, 0) is 32.4 Å². The topological polar surface area (TPSA) is 55.1 Å². The van der Waals surface area contributed by atoms with Gasteiger partial charge in [-0.1, -0.05) is 12.1 Å². The number of rotatable bonds is 3. The Kier molecular flexibility index (Phi) is 2.40. The number of nitrogens with zero attached hydrogens (tertiary/aromatic N) is 2. The fourth-order valence-corrected chi connectivity index (χ4v) is 2.62. The van der Waals surface area contributed by atoms with E-state index in [1.54, 1.807) is 0 Å². The molecule has 1 saturated carbocycles. The summed E-state index contributed by atoms with van der Waals surface area (Å²) in [6.45, 7) is 4.21. The molecule has 2 atom stereocenters. The van der Waals surface area contributed by atoms with E-state index >= 15 is 0 Å². The average molecular weight is 244 g/mol. The summed E-state index contributed by atoms with van der Waals surface area (Å²) in [5, 5.41) is 9.05. The monoisotopic (exact) mass is 244 g/mol. The maximum Gasteiger partial charge on any atom is 0.307 e. The lowest BCUT2D eigenvalue weighted by Gasteiger charge is -2.12. The van der Waals surface area contributed by atoms with Crippen LogP contribution < -0.4 is 0 Å². The molecule has 0 saturated heterocycles. The van der Waals surface area contributed by atoms with Crippen LogP contribution in [0.15, 0.2) is 24.3 Å². The lowest BCUT2D eigenvalue weighted by atomic mass is 10.2. The molecule has 1 N–H and O–H groups in total. The molecule has 2 aromatic rings. The molecule has 2 unspecified atom stereocenters. The number of carboxylic acid groups (broad SMARTS) is 1. The molecule has 1 heterocycles. The number of hydrogen-bond donors (Lipinski definition) is 1. The molecule has 0 bridgehead atoms. The Morgan fingerprint density at radius 3 is 2.78 bits per heavy atom. The van der Waals surface area contributed by atoms with Gasteiger partial charge in [0.1, 0.15) is 5.82 Å². The van der Waals surface area contributed by atoms with Crippen molar-refractivity contribution in [2.45, 2.75) is 32.2 Å². The molecule has 1 fully saturated rings. The van der Waals surface area contributed by atoms with E-state index in [4.69, 9.17) is 5.11 Å². The highest BCUT2D eigenvalue weighted by Crippen LogP contribution is 2.48. The summed E-state index contributed by atoms with van der Waals surface area (Å²) in [5.41, 5.74) is 2.05. The maximum atomic E-state index is 11.0. The van der Waals surface area contributed by atoms with Crippen molar-refractivity contribution in [1.82, 2.24) is 9.55 Å². The summed E-state index contributed by atoms with van der Waals surface area (Å²) < 4.78 is 2.17. The summed E-state index contributed by atoms with van der Waals surface area (Å²) in [6.07, 6.45) is 0.714. The molecule has 0 aliphatic heterocycles. The highest BCUT2D eigenvalue weighted by atomic mass is 16.4. The molecular weight excluding hydrogens is 228 g/mol. The van der Waals surface area contributed by atoms with E-state index in [0.717, 1.165) is 16.9 Å². The van der Waals surface area contributed by atoms with Gasteiger partial charge < -0.3 is 9.67 Å². The number of aliphatic carboxylic acids is 1. The van der Waals surface area contributed by atoms with Gasteiger partial charge in [0.15, 0.2) is 0 Å². The number of carbonyl (C=O) groups is 1. The van der Waals surface area contributed by atoms with Gasteiger partial charge in [0.05, 0.1) is 17.0 Å². The van der Waals surface area contributed by atoms with E-state index in [9.17, 15) is 4.79 Å². The van der Waals surface area contributed by atoms with E-state index in [-0.39, 0.29) is 11.8 Å². The Bertz CT molecular complexity index is 615. The molecule has 1 aromatic heterocycles. The number of benzene rings is 1. The zero-order valence-corrected chi connectivity index (χ0v) is 10.5. The van der Waals surface area contributed by atoms with Crippen molar-refractivity contribution in [3.8, 4) is 0 Å². The van der Waals surface area contributed by atoms with Crippen molar-refractivity contribution in [2.75, 3.05) is 0 Å². The van der Waals surface area contributed by atoms with Crippen molar-refractivity contribution in [1.29, 1.82) is 0 Å². The van der Waals surface area contributed by atoms with E-state index in [2.05, 4.69) is 23.4 Å². The summed E-state index contributed by atoms with van der Waals surface area (Å²) in [5.74, 6) is 0.0533. The van der Waals surface area contributed by atoms with Crippen molar-refractivity contribution in [3.05, 3.63) is 30.1 Å². The lowest BCUT2D eigenvalue weighted by Crippen LogP contribution is -2.08. The zero-order chi connectivity index (χ0) is 12.9. The molecule has 94 valence electrons. The first kappa shape index (κ1) is 11.3. The fourth-order valence-electron chi connectivity index (χ4n) is 2.62. The molecular formula is C14H16N2O2. The quantitative estimate of drug-likeness (QED) is 0.903. The third kappa shape index (κ3) is 1.60. The number of aromatic nitrogens is 2. The highest BCUT2D eigenvalue weighted by Gasteiger charge is 2.47. The van der Waals surface area contributed by atoms with E-state index in [1.807, 2.05) is 24.3 Å². The summed E-state index contributed by atoms with van der Waals surface area (Å²) in [4.78, 5) is 15.6. The Morgan fingerprint density at radius 2 is 2.17 bits per heavy atom. The van der Waals surface area contributed by atoms with Crippen molar-refractivity contribution < 1.29 is 9.90 Å². The Labute approximate surface area is 105 Å². The molecule has 0 radical (unpaired) electrons. The molecule has 4 heteroatoms. The van der Waals surface area contributed by atoms with Crippen LogP contribution in [0.4, 0.5) is 0 Å². The van der Waals surface area contributed by atoms with Gasteiger partial charge in [0.2, 0.25) is 0 Å². The number of hydrogen-bond acceptors (Lipinski definition) is 2. The number of para-hydroxylation sites is 2. The van der Waals surface area contributed by atoms with Crippen molar-refractivity contribution in [3.63, 3.8) is 0 Å². The first-order valence-corrected chi connectivity index (χ1v) is 6.29. The van der Waals surface area contributed by atoms with E-state index < -0.39 is 5.97 Å². The molecule has 1 aromatic carbocycles. The SMILES string of the molecule is CC(C)n1c(C2CC2C(=O)O)nc2ccccc21. The molecule has 18 heavy (non-hydrogen) atoms. The first-order valence-electron chi connectivity index (χ1n) is 6.29. The van der Waals surface area contributed by atoms with Gasteiger partial charge in [-0.15, -0.1) is 0 Å². The average Bonchev–Trinajstić information content (AvgIpc) is 3.02. The van der Waals surface area contributed by atoms with Crippen LogP contribution in [0.5, 0.6) is 0 Å². The predicted molar refractivity (Wildman–Crippen MR) is 68.6 cm³/mol. The molecule has 1 aliphatic carbocycles. The minimum absolute atomic E-state index is 0.0808. The Balaban J connectivity index is 2.12. The highest BCUT2D eigenvalue weighted by molar-refractivity contribution is 5.78. The van der Waals surface area contributed by atoms with Crippen LogP contribution in [0.25, 0.3) is 11.0 Å². The van der Waals surface area contributed by atoms with Gasteiger partial charge in [0.25, 0.3) is 0 Å². The molecule has 0 spiro atoms. The van der Waals surface area contributed by atoms with Gasteiger partial charge >= 0.3 is 5.97 Å². The standard InChI is InChI=1S/C14H16N2O2/c1-8(2)16-12-6-4-3-5-11(12)15-13(16)9-7-10(9)14(17)18/h3-6,8-10H,7H2,1-2H3,(H,17,18). The second kappa shape index (κ2) is 3.83. The van der Waals surface area contributed by atoms with Crippen molar-refractivity contribution in [2.24, 2.45) is 5.92 Å². The third-order valence-electron chi connectivity index (χ3n) is 3.58. The summed E-state index contributed by atoms with van der Waals surface area (Å²) in [7, 11) is 0. The van der Waals surface area contributed by atoms with Crippen LogP contribution in [0.3, 0.4) is 0 Å². The van der Waals surface area contributed by atoms with Gasteiger partial charge in [-0.3, -0.25) is 4.79 Å². The van der Waals surface area contributed by atoms with Crippen LogP contribution in [-0.4, -0.2) is 20.6 Å². The zero-order valence-electron chi connectivity index (χ0n) is 10.5. The second-order valence-electron chi connectivity index (χ2n) is 5.21. The van der Waals surface area contributed by atoms with Gasteiger partial charge in [0, 0.05) is 12.0 Å². The molecule has 1 aliphatic rings. The largest absolute Gasteiger partial charge is 0.481 e. The number of fused-ring (bicyclic) bond motifs is 1. The first-order chi connectivity index (χ1) is 8.59. The number of imidazole rings is 1. The Hall–Kier alpha value is -1.84. The molecule has 4 nitrogen and oxygen atoms in total. The number of carboxylic acids is 1. The smallest absolute Gasteiger partial charge is 0.307 e. The summed E-state index contributed by atoms with van der Waals surface area (Å²) in [6, 6.07) is 8.28. The predicted octanol–water partition coefficient (Wildman–Crippen LogP) is 2.81. The Morgan fingerprint density at radius 1 is 1.44 bits per heavy atom. The molecule has 3 rings (SSSR count). The van der Waals surface area contributed by atoms with Gasteiger partial charge in [-0.2, -0.15) is 0 Å². The van der Waals surface area contributed by atoms with E-state index in [0.29, 0.717) is 12.5 Å².